The molecule has 0 bridgehead atoms. The van der Waals surface area contributed by atoms with E-state index in [0.29, 0.717) is 28.7 Å². The van der Waals surface area contributed by atoms with Crippen molar-refractivity contribution < 1.29 is 14.4 Å². The van der Waals surface area contributed by atoms with Crippen molar-refractivity contribution in [3.05, 3.63) is 54.4 Å². The largest absolute Gasteiger partial charge is 0.508 e. The fourth-order valence-electron chi connectivity index (χ4n) is 1.78. The van der Waals surface area contributed by atoms with Gasteiger partial charge in [-0.25, -0.2) is 0 Å². The predicted octanol–water partition coefficient (Wildman–Crippen LogP) is 2.60. The number of ether oxygens (including phenoxy) is 1. The molecule has 0 atom stereocenters. The molecular weight excluding hydrogens is 270 g/mol. The van der Waals surface area contributed by atoms with Gasteiger partial charge < -0.3 is 20.1 Å². The van der Waals surface area contributed by atoms with Crippen molar-refractivity contribution in [3.8, 4) is 22.9 Å². The number of anilines is 1. The van der Waals surface area contributed by atoms with Gasteiger partial charge in [0.05, 0.1) is 0 Å². The standard InChI is InChI=1S/C15H13N3O3/c16-11-4-6-13(7-5-11)20-9-14-17-15(18-21-14)10-2-1-3-12(19)8-10/h1-8,19H,9,16H2. The van der Waals surface area contributed by atoms with Crippen LogP contribution < -0.4 is 10.5 Å². The van der Waals surface area contributed by atoms with Crippen LogP contribution in [0.4, 0.5) is 5.69 Å². The van der Waals surface area contributed by atoms with E-state index in [1.165, 1.54) is 0 Å². The van der Waals surface area contributed by atoms with Crippen LogP contribution in [0.2, 0.25) is 0 Å². The summed E-state index contributed by atoms with van der Waals surface area (Å²) < 4.78 is 10.6. The summed E-state index contributed by atoms with van der Waals surface area (Å²) in [6.45, 7) is 0.162. The molecule has 0 radical (unpaired) electrons. The highest BCUT2D eigenvalue weighted by Crippen LogP contribution is 2.21. The molecule has 3 aromatic rings. The van der Waals surface area contributed by atoms with Crippen LogP contribution in [-0.4, -0.2) is 15.2 Å². The molecule has 1 aromatic heterocycles. The van der Waals surface area contributed by atoms with E-state index in [1.54, 1.807) is 48.5 Å². The number of aromatic nitrogens is 2. The van der Waals surface area contributed by atoms with Gasteiger partial charge in [0.15, 0.2) is 6.61 Å². The Balaban J connectivity index is 1.69. The molecule has 3 N–H and O–H groups in total. The maximum atomic E-state index is 9.43. The second kappa shape index (κ2) is 5.54. The highest BCUT2D eigenvalue weighted by molar-refractivity contribution is 5.56. The molecule has 2 aromatic carbocycles. The normalized spacial score (nSPS) is 10.5. The van der Waals surface area contributed by atoms with Gasteiger partial charge in [-0.1, -0.05) is 17.3 Å². The van der Waals surface area contributed by atoms with Gasteiger partial charge in [-0.3, -0.25) is 0 Å². The molecule has 106 valence electrons. The Hall–Kier alpha value is -3.02. The molecule has 0 saturated heterocycles. The van der Waals surface area contributed by atoms with E-state index in [4.69, 9.17) is 15.0 Å². The van der Waals surface area contributed by atoms with Crippen LogP contribution in [0.25, 0.3) is 11.4 Å². The van der Waals surface area contributed by atoms with Gasteiger partial charge in [0, 0.05) is 11.3 Å². The number of nitrogen functional groups attached to an aromatic ring is 1. The van der Waals surface area contributed by atoms with Gasteiger partial charge >= 0.3 is 0 Å². The lowest BCUT2D eigenvalue weighted by Gasteiger charge is -2.02. The van der Waals surface area contributed by atoms with Gasteiger partial charge in [0.25, 0.3) is 5.89 Å². The first-order valence-electron chi connectivity index (χ1n) is 6.31. The average molecular weight is 283 g/mol. The Morgan fingerprint density at radius 3 is 2.71 bits per heavy atom. The van der Waals surface area contributed by atoms with Crippen LogP contribution in [0.15, 0.2) is 53.1 Å². The Kier molecular flexibility index (Phi) is 3.42. The topological polar surface area (TPSA) is 94.4 Å². The SMILES string of the molecule is Nc1ccc(OCc2nc(-c3cccc(O)c3)no2)cc1. The maximum absolute atomic E-state index is 9.43. The quantitative estimate of drug-likeness (QED) is 0.715. The molecule has 0 spiro atoms. The number of benzene rings is 2. The zero-order valence-electron chi connectivity index (χ0n) is 11.1. The molecule has 21 heavy (non-hydrogen) atoms. The molecule has 6 nitrogen and oxygen atoms in total. The predicted molar refractivity (Wildman–Crippen MR) is 76.6 cm³/mol. The summed E-state index contributed by atoms with van der Waals surface area (Å²) in [4.78, 5) is 4.22. The maximum Gasteiger partial charge on any atom is 0.264 e. The van der Waals surface area contributed by atoms with E-state index in [2.05, 4.69) is 10.1 Å². The lowest BCUT2D eigenvalue weighted by atomic mass is 10.2. The van der Waals surface area contributed by atoms with E-state index in [9.17, 15) is 5.11 Å². The van der Waals surface area contributed by atoms with Crippen molar-refractivity contribution in [3.63, 3.8) is 0 Å². The lowest BCUT2D eigenvalue weighted by molar-refractivity contribution is 0.243. The minimum atomic E-state index is 0.150. The van der Waals surface area contributed by atoms with E-state index < -0.39 is 0 Å². The average Bonchev–Trinajstić information content (AvgIpc) is 2.96. The molecule has 1 heterocycles. The molecule has 0 aliphatic heterocycles. The number of phenols is 1. The number of nitrogens with zero attached hydrogens (tertiary/aromatic N) is 2. The molecule has 0 fully saturated rings. The number of nitrogens with two attached hydrogens (primary N) is 1. The van der Waals surface area contributed by atoms with Crippen LogP contribution in [-0.2, 0) is 6.61 Å². The monoisotopic (exact) mass is 283 g/mol. The van der Waals surface area contributed by atoms with Crippen LogP contribution >= 0.6 is 0 Å². The van der Waals surface area contributed by atoms with Crippen LogP contribution in [0, 0.1) is 0 Å². The molecular formula is C15H13N3O3. The molecule has 0 aliphatic carbocycles. The number of aromatic hydroxyl groups is 1. The van der Waals surface area contributed by atoms with Crippen molar-refractivity contribution in [1.29, 1.82) is 0 Å². The van der Waals surface area contributed by atoms with Crippen molar-refractivity contribution in [2.75, 3.05) is 5.73 Å². The van der Waals surface area contributed by atoms with Crippen LogP contribution in [0.3, 0.4) is 0 Å². The third kappa shape index (κ3) is 3.11. The first-order chi connectivity index (χ1) is 10.2. The molecule has 3 rings (SSSR count). The number of hydrogen-bond acceptors (Lipinski definition) is 6. The zero-order valence-corrected chi connectivity index (χ0v) is 11.1. The van der Waals surface area contributed by atoms with Gasteiger partial charge in [-0.05, 0) is 36.4 Å². The summed E-state index contributed by atoms with van der Waals surface area (Å²) in [6, 6.07) is 13.7. The van der Waals surface area contributed by atoms with Crippen molar-refractivity contribution in [1.82, 2.24) is 10.1 Å². The van der Waals surface area contributed by atoms with E-state index in [1.807, 2.05) is 0 Å². The fourth-order valence-corrected chi connectivity index (χ4v) is 1.78. The number of phenolic OH excluding ortho intramolecular Hbond substituents is 1. The zero-order chi connectivity index (χ0) is 14.7. The van der Waals surface area contributed by atoms with Crippen LogP contribution in [0.1, 0.15) is 5.89 Å². The smallest absolute Gasteiger partial charge is 0.264 e. The molecule has 6 heteroatoms. The van der Waals surface area contributed by atoms with Gasteiger partial charge in [-0.15, -0.1) is 0 Å². The summed E-state index contributed by atoms with van der Waals surface area (Å²) in [5.41, 5.74) is 6.95. The van der Waals surface area contributed by atoms with Gasteiger partial charge in [-0.2, -0.15) is 4.98 Å². The van der Waals surface area contributed by atoms with Crippen LogP contribution in [0.5, 0.6) is 11.5 Å². The fraction of sp³-hybridized carbons (Fsp3) is 0.0667. The highest BCUT2D eigenvalue weighted by atomic mass is 16.5. The first kappa shape index (κ1) is 13.0. The highest BCUT2D eigenvalue weighted by Gasteiger charge is 2.09. The number of hydrogen-bond donors (Lipinski definition) is 2. The second-order valence-electron chi connectivity index (χ2n) is 4.42. The minimum Gasteiger partial charge on any atom is -0.508 e. The Morgan fingerprint density at radius 1 is 1.14 bits per heavy atom. The summed E-state index contributed by atoms with van der Waals surface area (Å²) in [6.07, 6.45) is 0. The molecule has 0 aliphatic rings. The van der Waals surface area contributed by atoms with E-state index >= 15 is 0 Å². The summed E-state index contributed by atoms with van der Waals surface area (Å²) in [7, 11) is 0. The first-order valence-corrected chi connectivity index (χ1v) is 6.31. The van der Waals surface area contributed by atoms with Crippen molar-refractivity contribution in [2.45, 2.75) is 6.61 Å². The number of rotatable bonds is 4. The Bertz CT molecular complexity index is 738. The molecule has 0 saturated carbocycles. The van der Waals surface area contributed by atoms with E-state index in [0.717, 1.165) is 0 Å². The lowest BCUT2D eigenvalue weighted by Crippen LogP contribution is -1.96. The van der Waals surface area contributed by atoms with Crippen molar-refractivity contribution >= 4 is 5.69 Å². The molecule has 0 unspecified atom stereocenters. The van der Waals surface area contributed by atoms with E-state index in [-0.39, 0.29) is 12.4 Å². The van der Waals surface area contributed by atoms with Gasteiger partial charge in [0.1, 0.15) is 11.5 Å². The van der Waals surface area contributed by atoms with Crippen molar-refractivity contribution in [2.24, 2.45) is 0 Å². The molecule has 0 amide bonds. The summed E-state index contributed by atoms with van der Waals surface area (Å²) in [5.74, 6) is 1.57. The summed E-state index contributed by atoms with van der Waals surface area (Å²) >= 11 is 0. The minimum absolute atomic E-state index is 0.150. The Morgan fingerprint density at radius 2 is 1.95 bits per heavy atom. The third-order valence-corrected chi connectivity index (χ3v) is 2.81. The second-order valence-corrected chi connectivity index (χ2v) is 4.42. The van der Waals surface area contributed by atoms with Gasteiger partial charge in [0.2, 0.25) is 5.82 Å². The third-order valence-electron chi connectivity index (χ3n) is 2.81. The Labute approximate surface area is 120 Å². The summed E-state index contributed by atoms with van der Waals surface area (Å²) in [5, 5.41) is 13.3.